The van der Waals surface area contributed by atoms with Crippen LogP contribution in [0.25, 0.3) is 0 Å². The number of hydrogen-bond acceptors (Lipinski definition) is 3. The SMILES string of the molecule is NC(Cc1ccc(C(=O)O)cc1)C(=O)C(F)(F)F. The van der Waals surface area contributed by atoms with Crippen molar-refractivity contribution >= 4 is 11.8 Å². The van der Waals surface area contributed by atoms with Gasteiger partial charge in [0.25, 0.3) is 5.78 Å². The van der Waals surface area contributed by atoms with Crippen molar-refractivity contribution in [3.8, 4) is 0 Å². The molecule has 1 aromatic carbocycles. The lowest BCUT2D eigenvalue weighted by atomic mass is 10.0. The highest BCUT2D eigenvalue weighted by molar-refractivity contribution is 5.89. The maximum Gasteiger partial charge on any atom is 0.451 e. The molecule has 1 unspecified atom stereocenters. The normalized spacial score (nSPS) is 13.1. The van der Waals surface area contributed by atoms with Crippen molar-refractivity contribution in [1.29, 1.82) is 0 Å². The number of aromatic carboxylic acids is 1. The maximum atomic E-state index is 12.1. The molecular formula is C11H10F3NO3. The molecule has 0 amide bonds. The minimum absolute atomic E-state index is 0.00877. The molecule has 0 bridgehead atoms. The maximum absolute atomic E-state index is 12.1. The lowest BCUT2D eigenvalue weighted by Crippen LogP contribution is -2.41. The summed E-state index contributed by atoms with van der Waals surface area (Å²) in [6.45, 7) is 0. The van der Waals surface area contributed by atoms with Crippen molar-refractivity contribution in [2.24, 2.45) is 5.73 Å². The van der Waals surface area contributed by atoms with E-state index in [1.807, 2.05) is 0 Å². The molecule has 0 saturated carbocycles. The van der Waals surface area contributed by atoms with Crippen LogP contribution in [0.1, 0.15) is 15.9 Å². The third-order valence-electron chi connectivity index (χ3n) is 2.27. The number of ketones is 1. The third kappa shape index (κ3) is 3.56. The van der Waals surface area contributed by atoms with Gasteiger partial charge in [-0.05, 0) is 24.1 Å². The lowest BCUT2D eigenvalue weighted by molar-refractivity contribution is -0.172. The van der Waals surface area contributed by atoms with Crippen LogP contribution in [0.2, 0.25) is 0 Å². The fraction of sp³-hybridized carbons (Fsp3) is 0.273. The van der Waals surface area contributed by atoms with Gasteiger partial charge in [-0.15, -0.1) is 0 Å². The Morgan fingerprint density at radius 1 is 1.22 bits per heavy atom. The van der Waals surface area contributed by atoms with Crippen molar-refractivity contribution in [2.75, 3.05) is 0 Å². The molecule has 18 heavy (non-hydrogen) atoms. The summed E-state index contributed by atoms with van der Waals surface area (Å²) < 4.78 is 36.2. The standard InChI is InChI=1S/C11H10F3NO3/c12-11(13,14)9(16)8(15)5-6-1-3-7(4-2-6)10(17)18/h1-4,8H,5,15H2,(H,17,18). The molecule has 1 atom stereocenters. The third-order valence-corrected chi connectivity index (χ3v) is 2.27. The molecule has 4 nitrogen and oxygen atoms in total. The molecule has 3 N–H and O–H groups in total. The second kappa shape index (κ2) is 5.18. The Kier molecular flexibility index (Phi) is 4.07. The van der Waals surface area contributed by atoms with Crippen LogP contribution in [0, 0.1) is 0 Å². The van der Waals surface area contributed by atoms with Crippen molar-refractivity contribution in [1.82, 2.24) is 0 Å². The summed E-state index contributed by atoms with van der Waals surface area (Å²) >= 11 is 0. The molecule has 1 rings (SSSR count). The van der Waals surface area contributed by atoms with E-state index in [0.29, 0.717) is 5.56 Å². The van der Waals surface area contributed by atoms with Crippen LogP contribution >= 0.6 is 0 Å². The minimum Gasteiger partial charge on any atom is -0.478 e. The summed E-state index contributed by atoms with van der Waals surface area (Å²) in [6.07, 6.45) is -5.25. The fourth-order valence-electron chi connectivity index (χ4n) is 1.34. The number of hydrogen-bond donors (Lipinski definition) is 2. The number of benzene rings is 1. The van der Waals surface area contributed by atoms with Gasteiger partial charge in [0, 0.05) is 0 Å². The smallest absolute Gasteiger partial charge is 0.451 e. The molecule has 7 heteroatoms. The van der Waals surface area contributed by atoms with Crippen LogP contribution < -0.4 is 5.73 Å². The van der Waals surface area contributed by atoms with E-state index < -0.39 is 24.0 Å². The molecule has 0 heterocycles. The zero-order chi connectivity index (χ0) is 13.9. The topological polar surface area (TPSA) is 80.4 Å². The number of rotatable bonds is 4. The average molecular weight is 261 g/mol. The van der Waals surface area contributed by atoms with Crippen LogP contribution in [0.15, 0.2) is 24.3 Å². The van der Waals surface area contributed by atoms with E-state index in [1.54, 1.807) is 0 Å². The molecule has 0 radical (unpaired) electrons. The van der Waals surface area contributed by atoms with Crippen molar-refractivity contribution in [3.63, 3.8) is 0 Å². The quantitative estimate of drug-likeness (QED) is 0.858. The highest BCUT2D eigenvalue weighted by Crippen LogP contribution is 2.19. The van der Waals surface area contributed by atoms with Crippen LogP contribution in [0.3, 0.4) is 0 Å². The molecule has 0 aliphatic heterocycles. The van der Waals surface area contributed by atoms with Gasteiger partial charge in [0.2, 0.25) is 0 Å². The molecule has 0 aromatic heterocycles. The average Bonchev–Trinajstić information content (AvgIpc) is 2.27. The van der Waals surface area contributed by atoms with Crippen molar-refractivity contribution in [3.05, 3.63) is 35.4 Å². The summed E-state index contributed by atoms with van der Waals surface area (Å²) in [5.41, 5.74) is 5.52. The molecule has 0 fully saturated rings. The van der Waals surface area contributed by atoms with E-state index in [4.69, 9.17) is 10.8 Å². The Morgan fingerprint density at radius 2 is 1.72 bits per heavy atom. The number of carboxylic acid groups (broad SMARTS) is 1. The number of carboxylic acids is 1. The molecule has 0 aliphatic carbocycles. The summed E-state index contributed by atoms with van der Waals surface area (Å²) in [6, 6.07) is 3.45. The predicted octanol–water partition coefficient (Wildman–Crippen LogP) is 1.39. The molecular weight excluding hydrogens is 251 g/mol. The lowest BCUT2D eigenvalue weighted by Gasteiger charge is -2.12. The van der Waals surface area contributed by atoms with Gasteiger partial charge < -0.3 is 10.8 Å². The van der Waals surface area contributed by atoms with Crippen LogP contribution in [0.4, 0.5) is 13.2 Å². The summed E-state index contributed by atoms with van der Waals surface area (Å²) in [4.78, 5) is 21.3. The number of halogens is 3. The van der Waals surface area contributed by atoms with Crippen molar-refractivity contribution in [2.45, 2.75) is 18.6 Å². The first-order valence-corrected chi connectivity index (χ1v) is 4.90. The molecule has 98 valence electrons. The summed E-state index contributed by atoms with van der Waals surface area (Å²) in [5, 5.41) is 8.62. The molecule has 0 saturated heterocycles. The first kappa shape index (κ1) is 14.2. The van der Waals surface area contributed by atoms with Gasteiger partial charge >= 0.3 is 12.1 Å². The molecule has 0 spiro atoms. The Morgan fingerprint density at radius 3 is 2.11 bits per heavy atom. The van der Waals surface area contributed by atoms with Gasteiger partial charge in [-0.1, -0.05) is 12.1 Å². The van der Waals surface area contributed by atoms with E-state index in [2.05, 4.69) is 0 Å². The first-order chi connectivity index (χ1) is 8.21. The van der Waals surface area contributed by atoms with Crippen LogP contribution in [0.5, 0.6) is 0 Å². The Balaban J connectivity index is 2.74. The molecule has 1 aromatic rings. The predicted molar refractivity (Wildman–Crippen MR) is 56.1 cm³/mol. The Hall–Kier alpha value is -1.89. The van der Waals surface area contributed by atoms with Crippen LogP contribution in [-0.2, 0) is 11.2 Å². The largest absolute Gasteiger partial charge is 0.478 e. The van der Waals surface area contributed by atoms with E-state index in [-0.39, 0.29) is 12.0 Å². The number of carbonyl (C=O) groups is 2. The highest BCUT2D eigenvalue weighted by atomic mass is 19.4. The number of nitrogens with two attached hydrogens (primary N) is 1. The van der Waals surface area contributed by atoms with Gasteiger partial charge in [0.1, 0.15) is 0 Å². The van der Waals surface area contributed by atoms with E-state index in [0.717, 1.165) is 0 Å². The zero-order valence-electron chi connectivity index (χ0n) is 9.07. The fourth-order valence-corrected chi connectivity index (χ4v) is 1.34. The van der Waals surface area contributed by atoms with E-state index >= 15 is 0 Å². The monoisotopic (exact) mass is 261 g/mol. The number of alkyl halides is 3. The van der Waals surface area contributed by atoms with Gasteiger partial charge in [0.15, 0.2) is 0 Å². The van der Waals surface area contributed by atoms with Crippen molar-refractivity contribution < 1.29 is 27.9 Å². The molecule has 0 aliphatic rings. The Bertz CT molecular complexity index is 454. The van der Waals surface area contributed by atoms with E-state index in [9.17, 15) is 22.8 Å². The van der Waals surface area contributed by atoms with Gasteiger partial charge in [-0.3, -0.25) is 4.79 Å². The van der Waals surface area contributed by atoms with Gasteiger partial charge in [0.05, 0.1) is 11.6 Å². The second-order valence-corrected chi connectivity index (χ2v) is 3.67. The van der Waals surface area contributed by atoms with E-state index in [1.165, 1.54) is 24.3 Å². The van der Waals surface area contributed by atoms with Gasteiger partial charge in [-0.25, -0.2) is 4.79 Å². The first-order valence-electron chi connectivity index (χ1n) is 4.90. The highest BCUT2D eigenvalue weighted by Gasteiger charge is 2.41. The summed E-state index contributed by atoms with van der Waals surface area (Å²) in [5.74, 6) is -3.14. The summed E-state index contributed by atoms with van der Waals surface area (Å²) in [7, 11) is 0. The minimum atomic E-state index is -4.96. The van der Waals surface area contributed by atoms with Crippen LogP contribution in [-0.4, -0.2) is 29.1 Å². The second-order valence-electron chi connectivity index (χ2n) is 3.67. The van der Waals surface area contributed by atoms with Gasteiger partial charge in [-0.2, -0.15) is 13.2 Å². The number of carbonyl (C=O) groups excluding carboxylic acids is 1. The number of Topliss-reactive ketones (excluding diaryl/α,β-unsaturated/α-hetero) is 1. The Labute approximate surface area is 100 Å². The zero-order valence-corrected chi connectivity index (χ0v) is 9.07.